The zero-order chi connectivity index (χ0) is 17.5. The molecule has 0 bridgehead atoms. The Bertz CT molecular complexity index is 660. The molecule has 1 aliphatic heterocycles. The van der Waals surface area contributed by atoms with Crippen LogP contribution in [0.1, 0.15) is 0 Å². The van der Waals surface area contributed by atoms with Crippen LogP contribution in [0.15, 0.2) is 60.7 Å². The first kappa shape index (κ1) is 17.2. The highest BCUT2D eigenvalue weighted by Gasteiger charge is 2.35. The molecule has 1 amide bonds. The minimum absolute atomic E-state index is 0.413. The molecule has 0 saturated carbocycles. The second kappa shape index (κ2) is 8.46. The molecule has 2 atom stereocenters. The summed E-state index contributed by atoms with van der Waals surface area (Å²) in [5.74, 6) is -0.413. The lowest BCUT2D eigenvalue weighted by molar-refractivity contribution is -0.138. The molecule has 2 unspecified atom stereocenters. The summed E-state index contributed by atoms with van der Waals surface area (Å²) in [6.07, 6.45) is 0.0857. The molecular formula is C18H20BN3O3. The van der Waals surface area contributed by atoms with E-state index in [2.05, 4.69) is 16.0 Å². The van der Waals surface area contributed by atoms with Crippen LogP contribution in [-0.2, 0) is 14.2 Å². The lowest BCUT2D eigenvalue weighted by atomic mass is 9.55. The molecule has 0 aromatic heterocycles. The highest BCUT2D eigenvalue weighted by molar-refractivity contribution is 6.81. The quantitative estimate of drug-likeness (QED) is 0.464. The Morgan fingerprint density at radius 1 is 1.00 bits per heavy atom. The van der Waals surface area contributed by atoms with Crippen molar-refractivity contribution in [3.63, 3.8) is 0 Å². The van der Waals surface area contributed by atoms with E-state index < -0.39 is 25.1 Å². The highest BCUT2D eigenvalue weighted by Crippen LogP contribution is 2.02. The van der Waals surface area contributed by atoms with Crippen LogP contribution < -0.4 is 26.9 Å². The van der Waals surface area contributed by atoms with Crippen LogP contribution in [0.3, 0.4) is 0 Å². The summed E-state index contributed by atoms with van der Waals surface area (Å²) < 4.78 is 5.84. The molecule has 128 valence electrons. The van der Waals surface area contributed by atoms with Gasteiger partial charge in [-0.05, 0) is 10.9 Å². The van der Waals surface area contributed by atoms with Crippen LogP contribution >= 0.6 is 0 Å². The van der Waals surface area contributed by atoms with Crippen LogP contribution in [-0.4, -0.2) is 44.6 Å². The molecule has 2 aromatic carbocycles. The third-order valence-electron chi connectivity index (χ3n) is 4.13. The Morgan fingerprint density at radius 3 is 2.12 bits per heavy atom. The van der Waals surface area contributed by atoms with E-state index in [1.54, 1.807) is 0 Å². The number of carbonyl (C=O) groups is 2. The van der Waals surface area contributed by atoms with Crippen LogP contribution in [0.25, 0.3) is 0 Å². The zero-order valence-electron chi connectivity index (χ0n) is 13.7. The first-order chi connectivity index (χ1) is 12.3. The fourth-order valence-electron chi connectivity index (χ4n) is 2.91. The maximum absolute atomic E-state index is 12.8. The number of piperazine rings is 1. The largest absolute Gasteiger partial charge is 0.525 e. The van der Waals surface area contributed by atoms with Crippen LogP contribution in [0.4, 0.5) is 0 Å². The molecule has 1 fully saturated rings. The normalized spacial score (nSPS) is 19.7. The van der Waals surface area contributed by atoms with E-state index in [-0.39, 0.29) is 0 Å². The van der Waals surface area contributed by atoms with E-state index in [9.17, 15) is 9.59 Å². The molecule has 6 nitrogen and oxygen atoms in total. The first-order valence-electron chi connectivity index (χ1n) is 8.26. The van der Waals surface area contributed by atoms with Gasteiger partial charge in [0.05, 0.1) is 0 Å². The average Bonchev–Trinajstić information content (AvgIpc) is 2.68. The molecule has 0 radical (unpaired) electrons. The van der Waals surface area contributed by atoms with Crippen molar-refractivity contribution < 1.29 is 14.2 Å². The fourth-order valence-corrected chi connectivity index (χ4v) is 2.91. The number of benzene rings is 2. The monoisotopic (exact) mass is 337 g/mol. The Kier molecular flexibility index (Phi) is 5.82. The SMILES string of the molecule is O=CNC1NCCNC1C(=O)OB(c1ccccc1)c1ccccc1. The van der Waals surface area contributed by atoms with Crippen molar-refractivity contribution in [3.05, 3.63) is 60.7 Å². The van der Waals surface area contributed by atoms with Crippen molar-refractivity contribution in [2.45, 2.75) is 12.2 Å². The Balaban J connectivity index is 1.82. The summed E-state index contributed by atoms with van der Waals surface area (Å²) in [5, 5.41) is 8.81. The molecule has 1 saturated heterocycles. The lowest BCUT2D eigenvalue weighted by Gasteiger charge is -2.32. The number of nitrogens with one attached hydrogen (secondary N) is 3. The second-order valence-electron chi connectivity index (χ2n) is 5.79. The Hall–Kier alpha value is -2.64. The minimum atomic E-state index is -0.645. The predicted molar refractivity (Wildman–Crippen MR) is 96.8 cm³/mol. The zero-order valence-corrected chi connectivity index (χ0v) is 13.7. The molecular weight excluding hydrogens is 317 g/mol. The number of carbonyl (C=O) groups excluding carboxylic acids is 2. The Labute approximate surface area is 147 Å². The minimum Gasteiger partial charge on any atom is -0.525 e. The average molecular weight is 337 g/mol. The maximum atomic E-state index is 12.8. The van der Waals surface area contributed by atoms with E-state index in [1.807, 2.05) is 60.7 Å². The molecule has 25 heavy (non-hydrogen) atoms. The lowest BCUT2D eigenvalue weighted by Crippen LogP contribution is -2.66. The third-order valence-corrected chi connectivity index (χ3v) is 4.13. The van der Waals surface area contributed by atoms with Gasteiger partial charge in [-0.25, -0.2) is 0 Å². The van der Waals surface area contributed by atoms with Gasteiger partial charge in [-0.2, -0.15) is 0 Å². The topological polar surface area (TPSA) is 79.5 Å². The summed E-state index contributed by atoms with van der Waals surface area (Å²) in [4.78, 5) is 23.5. The van der Waals surface area contributed by atoms with Gasteiger partial charge in [0.2, 0.25) is 6.41 Å². The predicted octanol–water partition coefficient (Wildman–Crippen LogP) is -1.03. The Morgan fingerprint density at radius 2 is 1.56 bits per heavy atom. The standard InChI is InChI=1S/C18H20BN3O3/c23-13-22-17-16(20-11-12-21-17)18(24)25-19(14-7-3-1-4-8-14)15-9-5-2-6-10-15/h1-10,13,16-17,20-21H,11-12H2,(H,22,23). The van der Waals surface area contributed by atoms with Crippen LogP contribution in [0.5, 0.6) is 0 Å². The molecule has 0 aliphatic carbocycles. The summed E-state index contributed by atoms with van der Waals surface area (Å²) >= 11 is 0. The second-order valence-corrected chi connectivity index (χ2v) is 5.79. The van der Waals surface area contributed by atoms with E-state index in [0.29, 0.717) is 19.5 Å². The number of amides is 1. The van der Waals surface area contributed by atoms with E-state index in [4.69, 9.17) is 4.65 Å². The van der Waals surface area contributed by atoms with Crippen molar-refractivity contribution in [1.29, 1.82) is 0 Å². The molecule has 7 heteroatoms. The third kappa shape index (κ3) is 4.26. The van der Waals surface area contributed by atoms with E-state index in [1.165, 1.54) is 0 Å². The van der Waals surface area contributed by atoms with Gasteiger partial charge in [0.25, 0.3) is 0 Å². The van der Waals surface area contributed by atoms with E-state index in [0.717, 1.165) is 10.9 Å². The number of hydrogen-bond acceptors (Lipinski definition) is 5. The van der Waals surface area contributed by atoms with Crippen molar-refractivity contribution in [2.75, 3.05) is 13.1 Å². The van der Waals surface area contributed by atoms with Crippen molar-refractivity contribution >= 4 is 30.2 Å². The molecule has 2 aromatic rings. The molecule has 3 N–H and O–H groups in total. The van der Waals surface area contributed by atoms with Gasteiger partial charge in [0, 0.05) is 13.1 Å². The van der Waals surface area contributed by atoms with Gasteiger partial charge < -0.3 is 15.3 Å². The molecule has 3 rings (SSSR count). The van der Waals surface area contributed by atoms with Crippen LogP contribution in [0.2, 0.25) is 0 Å². The summed E-state index contributed by atoms with van der Waals surface area (Å²) in [5.41, 5.74) is 1.79. The first-order valence-corrected chi connectivity index (χ1v) is 8.26. The van der Waals surface area contributed by atoms with Crippen molar-refractivity contribution in [2.24, 2.45) is 0 Å². The summed E-state index contributed by atoms with van der Waals surface area (Å²) in [6, 6.07) is 18.6. The van der Waals surface area contributed by atoms with Crippen molar-refractivity contribution in [1.82, 2.24) is 16.0 Å². The molecule has 0 spiro atoms. The summed E-state index contributed by atoms with van der Waals surface area (Å²) in [7, 11) is 0. The van der Waals surface area contributed by atoms with Gasteiger partial charge in [-0.1, -0.05) is 60.7 Å². The van der Waals surface area contributed by atoms with E-state index >= 15 is 0 Å². The molecule has 1 aliphatic rings. The smallest absolute Gasteiger partial charge is 0.429 e. The van der Waals surface area contributed by atoms with Gasteiger partial charge >= 0.3 is 12.9 Å². The number of rotatable bonds is 6. The van der Waals surface area contributed by atoms with Gasteiger partial charge in [-0.3, -0.25) is 14.9 Å². The van der Waals surface area contributed by atoms with Gasteiger partial charge in [0.1, 0.15) is 12.2 Å². The summed E-state index contributed by atoms with van der Waals surface area (Å²) in [6.45, 7) is 0.782. The highest BCUT2D eigenvalue weighted by atomic mass is 16.5. The number of hydrogen-bond donors (Lipinski definition) is 3. The van der Waals surface area contributed by atoms with Crippen LogP contribution in [0, 0.1) is 0 Å². The maximum Gasteiger partial charge on any atom is 0.429 e. The van der Waals surface area contributed by atoms with Gasteiger partial charge in [-0.15, -0.1) is 0 Å². The van der Waals surface area contributed by atoms with Crippen molar-refractivity contribution in [3.8, 4) is 0 Å². The fraction of sp³-hybridized carbons (Fsp3) is 0.222. The van der Waals surface area contributed by atoms with Gasteiger partial charge in [0.15, 0.2) is 0 Å². The molecule has 1 heterocycles.